The number of nitrogens with zero attached hydrogens (tertiary/aromatic N) is 3. The summed E-state index contributed by atoms with van der Waals surface area (Å²) >= 11 is 6.01. The number of carbonyl (C=O) groups excluding carboxylic acids is 1. The molecular weight excluding hydrogens is 368 g/mol. The van der Waals surface area contributed by atoms with Gasteiger partial charge in [0, 0.05) is 42.3 Å². The molecule has 27 heavy (non-hydrogen) atoms. The molecule has 2 aliphatic heterocycles. The predicted molar refractivity (Wildman–Crippen MR) is 101 cm³/mol. The van der Waals surface area contributed by atoms with Crippen molar-refractivity contribution in [2.24, 2.45) is 0 Å². The number of likely N-dealkylation sites (tertiary alicyclic amines) is 1. The Bertz CT molecular complexity index is 845. The van der Waals surface area contributed by atoms with Gasteiger partial charge in [-0.1, -0.05) is 17.7 Å². The van der Waals surface area contributed by atoms with Gasteiger partial charge in [-0.25, -0.2) is 9.97 Å². The molecule has 1 spiro atoms. The van der Waals surface area contributed by atoms with Crippen LogP contribution in [0.3, 0.4) is 0 Å². The van der Waals surface area contributed by atoms with Crippen LogP contribution in [0, 0.1) is 6.92 Å². The number of aromatic nitrogens is 2. The van der Waals surface area contributed by atoms with Gasteiger partial charge in [-0.05, 0) is 31.2 Å². The number of ether oxygens (including phenoxy) is 2. The molecule has 0 saturated carbocycles. The first-order chi connectivity index (χ1) is 13.0. The molecule has 0 radical (unpaired) electrons. The van der Waals surface area contributed by atoms with E-state index in [1.54, 1.807) is 23.1 Å². The van der Waals surface area contributed by atoms with Crippen molar-refractivity contribution in [3.05, 3.63) is 46.7 Å². The summed E-state index contributed by atoms with van der Waals surface area (Å²) in [5.74, 6) is -0.239. The van der Waals surface area contributed by atoms with Crippen molar-refractivity contribution in [1.82, 2.24) is 14.9 Å². The van der Waals surface area contributed by atoms with E-state index in [0.29, 0.717) is 61.5 Å². The fraction of sp³-hybridized carbons (Fsp3) is 0.421. The van der Waals surface area contributed by atoms with Crippen LogP contribution in [-0.4, -0.2) is 52.9 Å². The van der Waals surface area contributed by atoms with E-state index in [1.807, 2.05) is 19.1 Å². The summed E-state index contributed by atoms with van der Waals surface area (Å²) in [5.41, 5.74) is 1.85. The number of hydrogen-bond acceptors (Lipinski definition) is 6. The van der Waals surface area contributed by atoms with Crippen molar-refractivity contribution in [3.63, 3.8) is 0 Å². The summed E-state index contributed by atoms with van der Waals surface area (Å²) in [5, 5.41) is 3.72. The Morgan fingerprint density at radius 3 is 2.63 bits per heavy atom. The zero-order valence-electron chi connectivity index (χ0n) is 15.1. The van der Waals surface area contributed by atoms with Crippen LogP contribution in [0.15, 0.2) is 30.3 Å². The minimum absolute atomic E-state index is 0.109. The Hall–Kier alpha value is -2.22. The van der Waals surface area contributed by atoms with E-state index in [-0.39, 0.29) is 5.91 Å². The van der Waals surface area contributed by atoms with Gasteiger partial charge in [0.25, 0.3) is 5.91 Å². The number of nitrogens with one attached hydrogen (secondary N) is 1. The summed E-state index contributed by atoms with van der Waals surface area (Å²) in [6, 6.07) is 8.98. The van der Waals surface area contributed by atoms with E-state index < -0.39 is 5.79 Å². The Balaban J connectivity index is 1.48. The SMILES string of the molecule is Cc1cc(C(=O)N2CCC3(CC2)OCCO3)nc(Nc2cccc(Cl)c2)n1. The summed E-state index contributed by atoms with van der Waals surface area (Å²) in [4.78, 5) is 23.5. The van der Waals surface area contributed by atoms with Gasteiger partial charge in [0.05, 0.1) is 13.2 Å². The quantitative estimate of drug-likeness (QED) is 0.870. The molecular formula is C19H21ClN4O3. The molecule has 0 bridgehead atoms. The van der Waals surface area contributed by atoms with Crippen LogP contribution in [0.5, 0.6) is 0 Å². The molecule has 4 rings (SSSR count). The molecule has 142 valence electrons. The summed E-state index contributed by atoms with van der Waals surface area (Å²) < 4.78 is 11.4. The smallest absolute Gasteiger partial charge is 0.272 e. The van der Waals surface area contributed by atoms with Crippen LogP contribution in [0.4, 0.5) is 11.6 Å². The molecule has 2 aliphatic rings. The van der Waals surface area contributed by atoms with Gasteiger partial charge in [0.2, 0.25) is 5.95 Å². The summed E-state index contributed by atoms with van der Waals surface area (Å²) in [7, 11) is 0. The second-order valence-corrected chi connectivity index (χ2v) is 7.19. The fourth-order valence-electron chi connectivity index (χ4n) is 3.43. The lowest BCUT2D eigenvalue weighted by molar-refractivity contribution is -0.181. The number of halogens is 1. The van der Waals surface area contributed by atoms with Crippen molar-refractivity contribution in [2.45, 2.75) is 25.6 Å². The lowest BCUT2D eigenvalue weighted by atomic mass is 10.0. The Kier molecular flexibility index (Phi) is 4.99. The number of piperidine rings is 1. The summed E-state index contributed by atoms with van der Waals surface area (Å²) in [6.07, 6.45) is 1.35. The average Bonchev–Trinajstić information content (AvgIpc) is 3.09. The number of hydrogen-bond donors (Lipinski definition) is 1. The topological polar surface area (TPSA) is 76.6 Å². The number of anilines is 2. The molecule has 8 heteroatoms. The minimum atomic E-state index is -0.502. The zero-order chi connectivity index (χ0) is 18.9. The second kappa shape index (κ2) is 7.42. The Labute approximate surface area is 162 Å². The third-order valence-electron chi connectivity index (χ3n) is 4.78. The van der Waals surface area contributed by atoms with Crippen molar-refractivity contribution < 1.29 is 14.3 Å². The van der Waals surface area contributed by atoms with Gasteiger partial charge in [-0.2, -0.15) is 0 Å². The van der Waals surface area contributed by atoms with Crippen LogP contribution in [-0.2, 0) is 9.47 Å². The molecule has 1 N–H and O–H groups in total. The molecule has 7 nitrogen and oxygen atoms in total. The fourth-order valence-corrected chi connectivity index (χ4v) is 3.62. The molecule has 0 aliphatic carbocycles. The Morgan fingerprint density at radius 2 is 1.93 bits per heavy atom. The molecule has 3 heterocycles. The average molecular weight is 389 g/mol. The predicted octanol–water partition coefficient (Wildman–Crippen LogP) is 3.16. The van der Waals surface area contributed by atoms with E-state index in [4.69, 9.17) is 21.1 Å². The minimum Gasteiger partial charge on any atom is -0.347 e. The molecule has 0 atom stereocenters. The van der Waals surface area contributed by atoms with Gasteiger partial charge in [0.1, 0.15) is 5.69 Å². The van der Waals surface area contributed by atoms with Crippen LogP contribution >= 0.6 is 11.6 Å². The highest BCUT2D eigenvalue weighted by molar-refractivity contribution is 6.30. The highest BCUT2D eigenvalue weighted by Crippen LogP contribution is 2.31. The van der Waals surface area contributed by atoms with Crippen LogP contribution in [0.1, 0.15) is 29.0 Å². The van der Waals surface area contributed by atoms with Crippen molar-refractivity contribution >= 4 is 29.1 Å². The maximum absolute atomic E-state index is 12.9. The first-order valence-corrected chi connectivity index (χ1v) is 9.36. The van der Waals surface area contributed by atoms with Crippen molar-refractivity contribution in [2.75, 3.05) is 31.6 Å². The molecule has 1 amide bonds. The van der Waals surface area contributed by atoms with Gasteiger partial charge in [-0.15, -0.1) is 0 Å². The van der Waals surface area contributed by atoms with E-state index >= 15 is 0 Å². The number of rotatable bonds is 3. The number of carbonyl (C=O) groups is 1. The van der Waals surface area contributed by atoms with Crippen molar-refractivity contribution in [1.29, 1.82) is 0 Å². The zero-order valence-corrected chi connectivity index (χ0v) is 15.8. The Morgan fingerprint density at radius 1 is 1.19 bits per heavy atom. The normalized spacial score (nSPS) is 18.7. The van der Waals surface area contributed by atoms with Gasteiger partial charge in [-0.3, -0.25) is 4.79 Å². The van der Waals surface area contributed by atoms with Gasteiger partial charge < -0.3 is 19.7 Å². The van der Waals surface area contributed by atoms with E-state index in [9.17, 15) is 4.79 Å². The van der Waals surface area contributed by atoms with Gasteiger partial charge in [0.15, 0.2) is 5.79 Å². The van der Waals surface area contributed by atoms with Crippen molar-refractivity contribution in [3.8, 4) is 0 Å². The second-order valence-electron chi connectivity index (χ2n) is 6.75. The van der Waals surface area contributed by atoms with Gasteiger partial charge >= 0.3 is 0 Å². The molecule has 0 unspecified atom stereocenters. The number of amides is 1. The summed E-state index contributed by atoms with van der Waals surface area (Å²) in [6.45, 7) is 4.25. The van der Waals surface area contributed by atoms with E-state index in [0.717, 1.165) is 5.69 Å². The third-order valence-corrected chi connectivity index (χ3v) is 5.02. The van der Waals surface area contributed by atoms with Crippen LogP contribution < -0.4 is 5.32 Å². The number of aryl methyl sites for hydroxylation is 1. The van der Waals surface area contributed by atoms with Crippen LogP contribution in [0.2, 0.25) is 5.02 Å². The highest BCUT2D eigenvalue weighted by atomic mass is 35.5. The lowest BCUT2D eigenvalue weighted by Gasteiger charge is -2.37. The molecule has 2 aromatic rings. The highest BCUT2D eigenvalue weighted by Gasteiger charge is 2.41. The maximum atomic E-state index is 12.9. The lowest BCUT2D eigenvalue weighted by Crippen LogP contribution is -2.47. The van der Waals surface area contributed by atoms with E-state index in [1.165, 1.54) is 0 Å². The maximum Gasteiger partial charge on any atom is 0.272 e. The standard InChI is InChI=1S/C19H21ClN4O3/c1-13-11-16(23-18(21-13)22-15-4-2-3-14(20)12-15)17(25)24-7-5-19(6-8-24)26-9-10-27-19/h2-4,11-12H,5-10H2,1H3,(H,21,22,23). The molecule has 1 aromatic carbocycles. The first kappa shape index (κ1) is 18.2. The first-order valence-electron chi connectivity index (χ1n) is 8.99. The molecule has 1 aromatic heterocycles. The number of benzene rings is 1. The third kappa shape index (κ3) is 4.05. The largest absolute Gasteiger partial charge is 0.347 e. The monoisotopic (exact) mass is 388 g/mol. The van der Waals surface area contributed by atoms with Crippen LogP contribution in [0.25, 0.3) is 0 Å². The molecule has 2 fully saturated rings. The van der Waals surface area contributed by atoms with E-state index in [2.05, 4.69) is 15.3 Å². The molecule has 2 saturated heterocycles.